The summed E-state index contributed by atoms with van der Waals surface area (Å²) < 4.78 is 23.3. The number of hydrogen-bond donors (Lipinski definition) is 0. The van der Waals surface area contributed by atoms with Crippen molar-refractivity contribution in [3.63, 3.8) is 0 Å². The minimum atomic E-state index is -2.99. The highest BCUT2D eigenvalue weighted by molar-refractivity contribution is 9.09. The van der Waals surface area contributed by atoms with E-state index < -0.39 is 10.0 Å². The molecule has 0 aromatic rings. The molecule has 0 aliphatic carbocycles. The smallest absolute Gasteiger partial charge is 0.210 e. The average Bonchev–Trinajstić information content (AvgIpc) is 1.97. The monoisotopic (exact) mass is 257 g/mol. The molecule has 0 bridgehead atoms. The van der Waals surface area contributed by atoms with Gasteiger partial charge in [0.1, 0.15) is 0 Å². The van der Waals surface area contributed by atoms with E-state index in [0.717, 1.165) is 11.8 Å². The van der Waals surface area contributed by atoms with Gasteiger partial charge < -0.3 is 0 Å². The molecule has 0 N–H and O–H groups in total. The summed E-state index contributed by atoms with van der Waals surface area (Å²) >= 11 is 3.35. The standard InChI is InChI=1S/C7H16BrNO2S/c1-7(6-8)4-5-9(2)12(3,10)11/h7H,4-6H2,1-3H3. The first kappa shape index (κ1) is 12.4. The maximum atomic E-state index is 10.9. The van der Waals surface area contributed by atoms with Crippen LogP contribution in [0.3, 0.4) is 0 Å². The van der Waals surface area contributed by atoms with Gasteiger partial charge in [0.25, 0.3) is 0 Å². The van der Waals surface area contributed by atoms with Gasteiger partial charge in [-0.1, -0.05) is 22.9 Å². The van der Waals surface area contributed by atoms with Crippen LogP contribution in [0.1, 0.15) is 13.3 Å². The Morgan fingerprint density at radius 1 is 1.50 bits per heavy atom. The van der Waals surface area contributed by atoms with Gasteiger partial charge in [0.05, 0.1) is 6.26 Å². The Morgan fingerprint density at radius 3 is 2.33 bits per heavy atom. The van der Waals surface area contributed by atoms with E-state index in [1.54, 1.807) is 7.05 Å². The summed E-state index contributed by atoms with van der Waals surface area (Å²) in [6, 6.07) is 0. The number of halogens is 1. The van der Waals surface area contributed by atoms with E-state index in [-0.39, 0.29) is 0 Å². The van der Waals surface area contributed by atoms with Crippen molar-refractivity contribution in [2.24, 2.45) is 5.92 Å². The molecule has 1 unspecified atom stereocenters. The van der Waals surface area contributed by atoms with Crippen molar-refractivity contribution in [3.8, 4) is 0 Å². The lowest BCUT2D eigenvalue weighted by molar-refractivity contribution is 0.434. The van der Waals surface area contributed by atoms with Gasteiger partial charge in [-0.05, 0) is 12.3 Å². The summed E-state index contributed by atoms with van der Waals surface area (Å²) in [4.78, 5) is 0. The van der Waals surface area contributed by atoms with Crippen LogP contribution < -0.4 is 0 Å². The highest BCUT2D eigenvalue weighted by Gasteiger charge is 2.11. The zero-order chi connectivity index (χ0) is 9.78. The van der Waals surface area contributed by atoms with Crippen LogP contribution in [0.4, 0.5) is 0 Å². The fourth-order valence-electron chi connectivity index (χ4n) is 0.645. The molecule has 12 heavy (non-hydrogen) atoms. The van der Waals surface area contributed by atoms with Gasteiger partial charge in [0.2, 0.25) is 10.0 Å². The predicted octanol–water partition coefficient (Wildman–Crippen LogP) is 1.30. The predicted molar refractivity (Wildman–Crippen MR) is 55.0 cm³/mol. The number of hydrogen-bond acceptors (Lipinski definition) is 2. The second kappa shape index (κ2) is 5.19. The summed E-state index contributed by atoms with van der Waals surface area (Å²) in [6.45, 7) is 2.69. The lowest BCUT2D eigenvalue weighted by atomic mass is 10.1. The Kier molecular flexibility index (Phi) is 5.36. The third-order valence-electron chi connectivity index (χ3n) is 1.77. The van der Waals surface area contributed by atoms with E-state index in [1.165, 1.54) is 10.6 Å². The van der Waals surface area contributed by atoms with Gasteiger partial charge in [-0.2, -0.15) is 0 Å². The fourth-order valence-corrected chi connectivity index (χ4v) is 1.41. The van der Waals surface area contributed by atoms with Gasteiger partial charge in [-0.15, -0.1) is 0 Å². The molecular formula is C7H16BrNO2S. The van der Waals surface area contributed by atoms with Crippen molar-refractivity contribution in [3.05, 3.63) is 0 Å². The van der Waals surface area contributed by atoms with E-state index in [4.69, 9.17) is 0 Å². The Hall–Kier alpha value is 0.390. The highest BCUT2D eigenvalue weighted by Crippen LogP contribution is 2.07. The van der Waals surface area contributed by atoms with Crippen LogP contribution in [-0.4, -0.2) is 37.9 Å². The summed E-state index contributed by atoms with van der Waals surface area (Å²) in [6.07, 6.45) is 2.13. The fraction of sp³-hybridized carbons (Fsp3) is 1.00. The van der Waals surface area contributed by atoms with Crippen molar-refractivity contribution < 1.29 is 8.42 Å². The highest BCUT2D eigenvalue weighted by atomic mass is 79.9. The van der Waals surface area contributed by atoms with Crippen molar-refractivity contribution in [2.45, 2.75) is 13.3 Å². The van der Waals surface area contributed by atoms with Crippen LogP contribution in [0.15, 0.2) is 0 Å². The number of rotatable bonds is 5. The maximum Gasteiger partial charge on any atom is 0.210 e. The summed E-state index contributed by atoms with van der Waals surface area (Å²) in [5, 5.41) is 0.921. The summed E-state index contributed by atoms with van der Waals surface area (Å²) in [5.41, 5.74) is 0. The topological polar surface area (TPSA) is 37.4 Å². The maximum absolute atomic E-state index is 10.9. The molecule has 1 atom stereocenters. The van der Waals surface area contributed by atoms with E-state index in [1.807, 2.05) is 0 Å². The molecule has 0 aliphatic rings. The molecule has 0 fully saturated rings. The molecule has 0 saturated carbocycles. The van der Waals surface area contributed by atoms with Gasteiger partial charge >= 0.3 is 0 Å². The molecule has 5 heteroatoms. The van der Waals surface area contributed by atoms with E-state index in [9.17, 15) is 8.42 Å². The molecule has 0 spiro atoms. The third kappa shape index (κ3) is 5.11. The SMILES string of the molecule is CC(CBr)CCN(C)S(C)(=O)=O. The van der Waals surface area contributed by atoms with Crippen LogP contribution in [0.25, 0.3) is 0 Å². The zero-order valence-electron chi connectivity index (χ0n) is 7.75. The molecule has 0 radical (unpaired) electrons. The second-order valence-corrected chi connectivity index (χ2v) is 5.87. The Labute approximate surface area is 83.3 Å². The van der Waals surface area contributed by atoms with Gasteiger partial charge in [0, 0.05) is 18.9 Å². The van der Waals surface area contributed by atoms with E-state index in [0.29, 0.717) is 12.5 Å². The van der Waals surface area contributed by atoms with E-state index >= 15 is 0 Å². The minimum Gasteiger partial charge on any atom is -0.213 e. The number of alkyl halides is 1. The van der Waals surface area contributed by atoms with Crippen molar-refractivity contribution in [2.75, 3.05) is 25.2 Å². The molecule has 0 aromatic carbocycles. The van der Waals surface area contributed by atoms with Crippen molar-refractivity contribution in [1.82, 2.24) is 4.31 Å². The van der Waals surface area contributed by atoms with Crippen LogP contribution in [0, 0.1) is 5.92 Å². The molecule has 0 rings (SSSR count). The molecule has 3 nitrogen and oxygen atoms in total. The van der Waals surface area contributed by atoms with Crippen molar-refractivity contribution in [1.29, 1.82) is 0 Å². The zero-order valence-corrected chi connectivity index (χ0v) is 10.2. The summed E-state index contributed by atoms with van der Waals surface area (Å²) in [7, 11) is -1.38. The van der Waals surface area contributed by atoms with Crippen LogP contribution >= 0.6 is 15.9 Å². The molecule has 0 saturated heterocycles. The Balaban J connectivity index is 3.80. The van der Waals surface area contributed by atoms with Crippen LogP contribution in [-0.2, 0) is 10.0 Å². The first-order chi connectivity index (χ1) is 5.38. The first-order valence-electron chi connectivity index (χ1n) is 3.85. The molecule has 0 amide bonds. The normalized spacial score (nSPS) is 15.1. The van der Waals surface area contributed by atoms with E-state index in [2.05, 4.69) is 22.9 Å². The quantitative estimate of drug-likeness (QED) is 0.697. The van der Waals surface area contributed by atoms with Crippen LogP contribution in [0.5, 0.6) is 0 Å². The number of nitrogens with zero attached hydrogens (tertiary/aromatic N) is 1. The molecule has 0 heterocycles. The number of sulfonamides is 1. The second-order valence-electron chi connectivity index (χ2n) is 3.13. The van der Waals surface area contributed by atoms with Crippen LogP contribution in [0.2, 0.25) is 0 Å². The average molecular weight is 258 g/mol. The minimum absolute atomic E-state index is 0.522. The van der Waals surface area contributed by atoms with Gasteiger partial charge in [-0.3, -0.25) is 0 Å². The molecule has 0 aromatic heterocycles. The summed E-state index contributed by atoms with van der Waals surface area (Å²) in [5.74, 6) is 0.522. The lowest BCUT2D eigenvalue weighted by Gasteiger charge is -2.15. The van der Waals surface area contributed by atoms with Gasteiger partial charge in [0.15, 0.2) is 0 Å². The van der Waals surface area contributed by atoms with Crippen molar-refractivity contribution >= 4 is 26.0 Å². The largest absolute Gasteiger partial charge is 0.213 e. The first-order valence-corrected chi connectivity index (χ1v) is 6.82. The Bertz CT molecular complexity index is 215. The lowest BCUT2D eigenvalue weighted by Crippen LogP contribution is -2.27. The third-order valence-corrected chi connectivity index (χ3v) is 4.19. The molecule has 0 aliphatic heterocycles. The Morgan fingerprint density at radius 2 is 2.00 bits per heavy atom. The van der Waals surface area contributed by atoms with Gasteiger partial charge in [-0.25, -0.2) is 12.7 Å². The molecule has 74 valence electrons. The molecular weight excluding hydrogens is 242 g/mol.